The van der Waals surface area contributed by atoms with Crippen LogP contribution in [0.15, 0.2) is 51.9 Å². The van der Waals surface area contributed by atoms with Crippen LogP contribution in [0.25, 0.3) is 0 Å². The molecule has 0 aliphatic rings. The number of aryl methyl sites for hydroxylation is 1. The molecule has 26 heavy (non-hydrogen) atoms. The molecule has 0 spiro atoms. The summed E-state index contributed by atoms with van der Waals surface area (Å²) in [7, 11) is 1.66. The fraction of sp³-hybridized carbons (Fsp3) is 0.263. The van der Waals surface area contributed by atoms with Crippen LogP contribution in [0.4, 0.5) is 4.39 Å². The van der Waals surface area contributed by atoms with Gasteiger partial charge in [-0.25, -0.2) is 4.39 Å². The SMILES string of the molecule is CN=C(NCCNC(=O)c1cccc(Br)c1)NCc1ccc(C)c(F)c1. The Kier molecular flexibility index (Phi) is 7.59. The Hall–Kier alpha value is -2.41. The van der Waals surface area contributed by atoms with Crippen LogP contribution >= 0.6 is 15.9 Å². The first-order valence-electron chi connectivity index (χ1n) is 8.23. The summed E-state index contributed by atoms with van der Waals surface area (Å²) in [6, 6.07) is 12.3. The zero-order valence-corrected chi connectivity index (χ0v) is 16.4. The number of carbonyl (C=O) groups excluding carboxylic acids is 1. The highest BCUT2D eigenvalue weighted by atomic mass is 79.9. The fourth-order valence-electron chi connectivity index (χ4n) is 2.24. The Bertz CT molecular complexity index is 795. The molecule has 3 N–H and O–H groups in total. The number of benzene rings is 2. The van der Waals surface area contributed by atoms with Crippen molar-refractivity contribution in [2.75, 3.05) is 20.1 Å². The zero-order valence-electron chi connectivity index (χ0n) is 14.8. The van der Waals surface area contributed by atoms with Crippen LogP contribution < -0.4 is 16.0 Å². The topological polar surface area (TPSA) is 65.5 Å². The van der Waals surface area contributed by atoms with Gasteiger partial charge in [-0.1, -0.05) is 34.1 Å². The first kappa shape index (κ1) is 19.9. The van der Waals surface area contributed by atoms with Crippen molar-refractivity contribution in [3.63, 3.8) is 0 Å². The van der Waals surface area contributed by atoms with Crippen molar-refractivity contribution in [2.45, 2.75) is 13.5 Å². The molecule has 2 rings (SSSR count). The molecule has 1 amide bonds. The summed E-state index contributed by atoms with van der Waals surface area (Å²) < 4.78 is 14.4. The van der Waals surface area contributed by atoms with Gasteiger partial charge in [0.2, 0.25) is 0 Å². The lowest BCUT2D eigenvalue weighted by molar-refractivity contribution is 0.0954. The number of aliphatic imine (C=N–C) groups is 1. The Balaban J connectivity index is 1.73. The highest BCUT2D eigenvalue weighted by Crippen LogP contribution is 2.11. The van der Waals surface area contributed by atoms with E-state index in [4.69, 9.17) is 0 Å². The summed E-state index contributed by atoms with van der Waals surface area (Å²) in [5.74, 6) is 0.233. The van der Waals surface area contributed by atoms with Crippen molar-refractivity contribution >= 4 is 27.8 Å². The van der Waals surface area contributed by atoms with Gasteiger partial charge in [0.25, 0.3) is 5.91 Å². The van der Waals surface area contributed by atoms with Gasteiger partial charge in [-0.3, -0.25) is 9.79 Å². The van der Waals surface area contributed by atoms with Crippen LogP contribution in [0.5, 0.6) is 0 Å². The van der Waals surface area contributed by atoms with E-state index in [2.05, 4.69) is 36.9 Å². The van der Waals surface area contributed by atoms with Gasteiger partial charge in [0.05, 0.1) is 0 Å². The van der Waals surface area contributed by atoms with E-state index < -0.39 is 0 Å². The fourth-order valence-corrected chi connectivity index (χ4v) is 2.64. The zero-order chi connectivity index (χ0) is 18.9. The Labute approximate surface area is 161 Å². The van der Waals surface area contributed by atoms with E-state index in [0.717, 1.165) is 10.0 Å². The molecule has 0 heterocycles. The molecule has 0 bridgehead atoms. The van der Waals surface area contributed by atoms with E-state index in [1.54, 1.807) is 32.2 Å². The van der Waals surface area contributed by atoms with Gasteiger partial charge in [-0.05, 0) is 42.3 Å². The third kappa shape index (κ3) is 6.15. The Morgan fingerprint density at radius 1 is 1.12 bits per heavy atom. The first-order valence-corrected chi connectivity index (χ1v) is 9.02. The minimum absolute atomic E-state index is 0.133. The van der Waals surface area contributed by atoms with Crippen LogP contribution in [-0.4, -0.2) is 32.0 Å². The second-order valence-electron chi connectivity index (χ2n) is 5.70. The highest BCUT2D eigenvalue weighted by Gasteiger charge is 2.05. The number of amides is 1. The molecule has 7 heteroatoms. The number of carbonyl (C=O) groups is 1. The van der Waals surface area contributed by atoms with E-state index in [0.29, 0.717) is 36.7 Å². The number of hydrogen-bond donors (Lipinski definition) is 3. The number of rotatable bonds is 6. The summed E-state index contributed by atoms with van der Waals surface area (Å²) in [5.41, 5.74) is 2.06. The third-order valence-corrected chi connectivity index (χ3v) is 4.20. The predicted molar refractivity (Wildman–Crippen MR) is 106 cm³/mol. The molecule has 0 aliphatic carbocycles. The largest absolute Gasteiger partial charge is 0.355 e. The van der Waals surface area contributed by atoms with Crippen molar-refractivity contribution < 1.29 is 9.18 Å². The standard InChI is InChI=1S/C19H22BrFN4O/c1-13-6-7-14(10-17(13)21)12-25-19(22-2)24-9-8-23-18(26)15-4-3-5-16(20)11-15/h3-7,10-11H,8-9,12H2,1-2H3,(H,23,26)(H2,22,24,25). The minimum Gasteiger partial charge on any atom is -0.355 e. The molecule has 0 aromatic heterocycles. The van der Waals surface area contributed by atoms with Crippen molar-refractivity contribution in [1.29, 1.82) is 0 Å². The first-order chi connectivity index (χ1) is 12.5. The lowest BCUT2D eigenvalue weighted by Crippen LogP contribution is -2.41. The normalized spacial score (nSPS) is 11.2. The maximum Gasteiger partial charge on any atom is 0.251 e. The van der Waals surface area contributed by atoms with Crippen LogP contribution in [-0.2, 0) is 6.54 Å². The number of halogens is 2. The minimum atomic E-state index is -0.220. The van der Waals surface area contributed by atoms with Crippen LogP contribution in [0.1, 0.15) is 21.5 Å². The lowest BCUT2D eigenvalue weighted by atomic mass is 10.1. The van der Waals surface area contributed by atoms with Gasteiger partial charge in [-0.2, -0.15) is 0 Å². The second-order valence-corrected chi connectivity index (χ2v) is 6.62. The van der Waals surface area contributed by atoms with E-state index in [-0.39, 0.29) is 11.7 Å². The summed E-state index contributed by atoms with van der Waals surface area (Å²) in [5, 5.41) is 9.06. The Morgan fingerprint density at radius 3 is 2.58 bits per heavy atom. The van der Waals surface area contributed by atoms with Gasteiger partial charge in [-0.15, -0.1) is 0 Å². The van der Waals surface area contributed by atoms with Crippen LogP contribution in [0, 0.1) is 12.7 Å². The Morgan fingerprint density at radius 2 is 1.88 bits per heavy atom. The maximum atomic E-state index is 13.6. The van der Waals surface area contributed by atoms with Gasteiger partial charge in [0.15, 0.2) is 5.96 Å². The summed E-state index contributed by atoms with van der Waals surface area (Å²) in [4.78, 5) is 16.2. The molecule has 5 nitrogen and oxygen atoms in total. The maximum absolute atomic E-state index is 13.6. The predicted octanol–water partition coefficient (Wildman–Crippen LogP) is 2.99. The number of nitrogens with one attached hydrogen (secondary N) is 3. The summed E-state index contributed by atoms with van der Waals surface area (Å²) >= 11 is 3.35. The molecule has 2 aromatic rings. The molecule has 0 saturated heterocycles. The van der Waals surface area contributed by atoms with Gasteiger partial charge in [0.1, 0.15) is 5.82 Å². The average molecular weight is 421 g/mol. The molecule has 0 fully saturated rings. The van der Waals surface area contributed by atoms with Crippen LogP contribution in [0.3, 0.4) is 0 Å². The monoisotopic (exact) mass is 420 g/mol. The lowest BCUT2D eigenvalue weighted by Gasteiger charge is -2.13. The summed E-state index contributed by atoms with van der Waals surface area (Å²) in [6.07, 6.45) is 0. The quantitative estimate of drug-likeness (QED) is 0.382. The molecule has 0 unspecified atom stereocenters. The van der Waals surface area contributed by atoms with Gasteiger partial charge in [0, 0.05) is 36.7 Å². The molecule has 138 valence electrons. The molecular formula is C19H22BrFN4O. The average Bonchev–Trinajstić information content (AvgIpc) is 2.63. The van der Waals surface area contributed by atoms with E-state index in [1.807, 2.05) is 18.2 Å². The summed E-state index contributed by atoms with van der Waals surface area (Å²) in [6.45, 7) is 3.16. The van der Waals surface area contributed by atoms with E-state index >= 15 is 0 Å². The highest BCUT2D eigenvalue weighted by molar-refractivity contribution is 9.10. The smallest absolute Gasteiger partial charge is 0.251 e. The van der Waals surface area contributed by atoms with Gasteiger partial charge >= 0.3 is 0 Å². The van der Waals surface area contributed by atoms with E-state index in [1.165, 1.54) is 6.07 Å². The van der Waals surface area contributed by atoms with Crippen molar-refractivity contribution in [3.05, 3.63) is 69.4 Å². The molecular weight excluding hydrogens is 399 g/mol. The molecule has 0 aliphatic heterocycles. The van der Waals surface area contributed by atoms with Crippen molar-refractivity contribution in [1.82, 2.24) is 16.0 Å². The number of guanidine groups is 1. The molecule has 2 aromatic carbocycles. The van der Waals surface area contributed by atoms with Crippen LogP contribution in [0.2, 0.25) is 0 Å². The van der Waals surface area contributed by atoms with E-state index in [9.17, 15) is 9.18 Å². The molecule has 0 saturated carbocycles. The number of nitrogens with zero attached hydrogens (tertiary/aromatic N) is 1. The van der Waals surface area contributed by atoms with Crippen molar-refractivity contribution in [2.24, 2.45) is 4.99 Å². The molecule has 0 atom stereocenters. The second kappa shape index (κ2) is 9.91. The van der Waals surface area contributed by atoms with Crippen molar-refractivity contribution in [3.8, 4) is 0 Å². The number of hydrogen-bond acceptors (Lipinski definition) is 2. The molecule has 0 radical (unpaired) electrons. The van der Waals surface area contributed by atoms with Gasteiger partial charge < -0.3 is 16.0 Å². The third-order valence-electron chi connectivity index (χ3n) is 3.71.